The largest absolute Gasteiger partial charge is 0.329 e. The van der Waals surface area contributed by atoms with E-state index in [1.54, 1.807) is 12.1 Å². The van der Waals surface area contributed by atoms with Crippen LogP contribution in [0, 0.1) is 5.92 Å². The van der Waals surface area contributed by atoms with Crippen LogP contribution in [-0.4, -0.2) is 20.5 Å². The number of rotatable bonds is 5. The molecule has 22 heavy (non-hydrogen) atoms. The highest BCUT2D eigenvalue weighted by atomic mass is 35.5. The van der Waals surface area contributed by atoms with Crippen molar-refractivity contribution in [3.05, 3.63) is 29.8 Å². The molecule has 1 aromatic carbocycles. The summed E-state index contributed by atoms with van der Waals surface area (Å²) < 4.78 is 28.2. The highest BCUT2D eigenvalue weighted by molar-refractivity contribution is 7.89. The topological polar surface area (TPSA) is 72.2 Å². The fraction of sp³-hybridized carbons (Fsp3) is 0.625. The third kappa shape index (κ3) is 4.02. The Morgan fingerprint density at radius 1 is 1.27 bits per heavy atom. The zero-order chi connectivity index (χ0) is 15.5. The number of nitrogens with two attached hydrogens (primary N) is 1. The van der Waals surface area contributed by atoms with Crippen LogP contribution >= 0.6 is 12.4 Å². The van der Waals surface area contributed by atoms with Gasteiger partial charge in [-0.1, -0.05) is 38.8 Å². The van der Waals surface area contributed by atoms with Gasteiger partial charge in [-0.05, 0) is 42.9 Å². The zero-order valence-corrected chi connectivity index (χ0v) is 15.0. The number of aryl methyl sites for hydroxylation is 1. The van der Waals surface area contributed by atoms with Crippen LogP contribution in [0.15, 0.2) is 29.2 Å². The van der Waals surface area contributed by atoms with Crippen molar-refractivity contribution >= 4 is 22.4 Å². The predicted octanol–water partition coefficient (Wildman–Crippen LogP) is 2.86. The molecular weight excluding hydrogens is 320 g/mol. The van der Waals surface area contributed by atoms with E-state index in [9.17, 15) is 8.42 Å². The molecule has 126 valence electrons. The van der Waals surface area contributed by atoms with E-state index < -0.39 is 15.6 Å². The summed E-state index contributed by atoms with van der Waals surface area (Å²) in [6.07, 6.45) is 4.91. The van der Waals surface area contributed by atoms with Gasteiger partial charge in [0.15, 0.2) is 0 Å². The molecular formula is C16H27ClN2O2S. The molecule has 2 atom stereocenters. The molecule has 4 nitrogen and oxygen atoms in total. The SMILES string of the molecule is CCc1ccc(S(=O)(=O)NC2(CN)CCCCC2C)cc1.Cl. The van der Waals surface area contributed by atoms with Crippen molar-refractivity contribution in [1.29, 1.82) is 0 Å². The molecule has 0 heterocycles. The Bertz CT molecular complexity index is 574. The molecule has 0 radical (unpaired) electrons. The van der Waals surface area contributed by atoms with E-state index in [1.165, 1.54) is 0 Å². The van der Waals surface area contributed by atoms with Crippen LogP contribution in [0.2, 0.25) is 0 Å². The van der Waals surface area contributed by atoms with Gasteiger partial charge in [-0.3, -0.25) is 0 Å². The lowest BCUT2D eigenvalue weighted by atomic mass is 9.74. The van der Waals surface area contributed by atoms with Crippen LogP contribution in [0.3, 0.4) is 0 Å². The van der Waals surface area contributed by atoms with E-state index in [4.69, 9.17) is 5.73 Å². The molecule has 3 N–H and O–H groups in total. The minimum atomic E-state index is -3.52. The lowest BCUT2D eigenvalue weighted by Gasteiger charge is -2.42. The van der Waals surface area contributed by atoms with Gasteiger partial charge in [0.25, 0.3) is 0 Å². The van der Waals surface area contributed by atoms with Crippen LogP contribution in [0.4, 0.5) is 0 Å². The quantitative estimate of drug-likeness (QED) is 0.861. The average molecular weight is 347 g/mol. The summed E-state index contributed by atoms with van der Waals surface area (Å²) in [5.41, 5.74) is 6.57. The number of benzene rings is 1. The Labute approximate surface area is 140 Å². The van der Waals surface area contributed by atoms with Crippen molar-refractivity contribution in [3.63, 3.8) is 0 Å². The molecule has 0 aromatic heterocycles. The van der Waals surface area contributed by atoms with Gasteiger partial charge < -0.3 is 5.73 Å². The number of hydrogen-bond donors (Lipinski definition) is 2. The van der Waals surface area contributed by atoms with Crippen molar-refractivity contribution in [2.45, 2.75) is 56.4 Å². The maximum atomic E-state index is 12.6. The molecule has 6 heteroatoms. The Balaban J connectivity index is 0.00000242. The first-order valence-electron chi connectivity index (χ1n) is 7.76. The lowest BCUT2D eigenvalue weighted by molar-refractivity contribution is 0.191. The number of sulfonamides is 1. The Kier molecular flexibility index (Phi) is 6.86. The van der Waals surface area contributed by atoms with Crippen molar-refractivity contribution < 1.29 is 8.42 Å². The van der Waals surface area contributed by atoms with Gasteiger partial charge in [0, 0.05) is 12.1 Å². The monoisotopic (exact) mass is 346 g/mol. The molecule has 1 aromatic rings. The van der Waals surface area contributed by atoms with E-state index >= 15 is 0 Å². The predicted molar refractivity (Wildman–Crippen MR) is 92.8 cm³/mol. The van der Waals surface area contributed by atoms with Crippen molar-refractivity contribution in [2.75, 3.05) is 6.54 Å². The molecule has 0 amide bonds. The van der Waals surface area contributed by atoms with Gasteiger partial charge in [-0.2, -0.15) is 0 Å². The summed E-state index contributed by atoms with van der Waals surface area (Å²) in [7, 11) is -3.52. The second-order valence-corrected chi connectivity index (χ2v) is 7.79. The second-order valence-electron chi connectivity index (χ2n) is 6.11. The van der Waals surface area contributed by atoms with E-state index in [2.05, 4.69) is 18.6 Å². The first-order chi connectivity index (χ1) is 9.93. The van der Waals surface area contributed by atoms with Crippen LogP contribution < -0.4 is 10.5 Å². The third-order valence-corrected chi connectivity index (χ3v) is 6.37. The lowest BCUT2D eigenvalue weighted by Crippen LogP contribution is -2.58. The van der Waals surface area contributed by atoms with Crippen molar-refractivity contribution in [2.24, 2.45) is 11.7 Å². The highest BCUT2D eigenvalue weighted by Crippen LogP contribution is 2.34. The normalized spacial score (nSPS) is 25.5. The van der Waals surface area contributed by atoms with Gasteiger partial charge in [-0.25, -0.2) is 13.1 Å². The first kappa shape index (κ1) is 19.4. The minimum Gasteiger partial charge on any atom is -0.329 e. The van der Waals surface area contributed by atoms with E-state index in [0.717, 1.165) is 37.7 Å². The van der Waals surface area contributed by atoms with Gasteiger partial charge in [0.1, 0.15) is 0 Å². The van der Waals surface area contributed by atoms with Gasteiger partial charge in [0.2, 0.25) is 10.0 Å². The summed E-state index contributed by atoms with van der Waals surface area (Å²) >= 11 is 0. The molecule has 0 bridgehead atoms. The van der Waals surface area contributed by atoms with E-state index in [1.807, 2.05) is 12.1 Å². The number of halogens is 1. The van der Waals surface area contributed by atoms with Crippen LogP contribution in [0.25, 0.3) is 0 Å². The maximum absolute atomic E-state index is 12.6. The smallest absolute Gasteiger partial charge is 0.241 e. The molecule has 0 saturated heterocycles. The van der Waals surface area contributed by atoms with E-state index in [0.29, 0.717) is 11.4 Å². The molecule has 1 aliphatic carbocycles. The Hall–Kier alpha value is -0.620. The number of nitrogens with one attached hydrogen (secondary N) is 1. The fourth-order valence-electron chi connectivity index (χ4n) is 3.14. The number of hydrogen-bond acceptors (Lipinski definition) is 3. The van der Waals surface area contributed by atoms with Gasteiger partial charge in [0.05, 0.1) is 4.90 Å². The van der Waals surface area contributed by atoms with Crippen molar-refractivity contribution in [3.8, 4) is 0 Å². The summed E-state index contributed by atoms with van der Waals surface area (Å²) in [5.74, 6) is 0.265. The van der Waals surface area contributed by atoms with E-state index in [-0.39, 0.29) is 18.3 Å². The molecule has 1 saturated carbocycles. The second kappa shape index (κ2) is 7.77. The summed E-state index contributed by atoms with van der Waals surface area (Å²) in [5, 5.41) is 0. The first-order valence-corrected chi connectivity index (χ1v) is 9.25. The summed E-state index contributed by atoms with van der Waals surface area (Å²) in [6, 6.07) is 7.10. The molecule has 1 aliphatic rings. The molecule has 1 fully saturated rings. The summed E-state index contributed by atoms with van der Waals surface area (Å²) in [6.45, 7) is 4.49. The van der Waals surface area contributed by atoms with Crippen LogP contribution in [0.5, 0.6) is 0 Å². The van der Waals surface area contributed by atoms with Crippen molar-refractivity contribution in [1.82, 2.24) is 4.72 Å². The maximum Gasteiger partial charge on any atom is 0.241 e. The standard InChI is InChI=1S/C16H26N2O2S.ClH/c1-3-14-7-9-15(10-8-14)21(19,20)18-16(12-17)11-5-4-6-13(16)2;/h7-10,13,18H,3-6,11-12,17H2,1-2H3;1H. The fourth-order valence-corrected chi connectivity index (χ4v) is 4.68. The molecule has 2 unspecified atom stereocenters. The Morgan fingerprint density at radius 2 is 1.91 bits per heavy atom. The molecule has 0 aliphatic heterocycles. The van der Waals surface area contributed by atoms with Crippen LogP contribution in [-0.2, 0) is 16.4 Å². The Morgan fingerprint density at radius 3 is 2.41 bits per heavy atom. The summed E-state index contributed by atoms with van der Waals surface area (Å²) in [4.78, 5) is 0.324. The highest BCUT2D eigenvalue weighted by Gasteiger charge is 2.40. The van der Waals surface area contributed by atoms with Gasteiger partial charge in [-0.15, -0.1) is 12.4 Å². The minimum absolute atomic E-state index is 0. The zero-order valence-electron chi connectivity index (χ0n) is 13.3. The van der Waals surface area contributed by atoms with Gasteiger partial charge >= 0.3 is 0 Å². The molecule has 2 rings (SSSR count). The van der Waals surface area contributed by atoms with Crippen LogP contribution in [0.1, 0.15) is 45.1 Å². The molecule has 0 spiro atoms. The average Bonchev–Trinajstić information content (AvgIpc) is 2.49. The third-order valence-electron chi connectivity index (χ3n) is 4.80.